The first-order chi connectivity index (χ1) is 11.5. The van der Waals surface area contributed by atoms with E-state index < -0.39 is 0 Å². The van der Waals surface area contributed by atoms with Crippen LogP contribution in [0.2, 0.25) is 0 Å². The number of carbonyl (C=O) groups is 1. The van der Waals surface area contributed by atoms with Gasteiger partial charge in [0, 0.05) is 28.6 Å². The highest BCUT2D eigenvalue weighted by molar-refractivity contribution is 9.10. The van der Waals surface area contributed by atoms with E-state index in [-0.39, 0.29) is 22.9 Å². The Balaban J connectivity index is 2.30. The second-order valence-corrected chi connectivity index (χ2v) is 6.64. The molecule has 0 unspecified atom stereocenters. The van der Waals surface area contributed by atoms with Gasteiger partial charge < -0.3 is 9.88 Å². The predicted octanol–water partition coefficient (Wildman–Crippen LogP) is 3.29. The fourth-order valence-corrected chi connectivity index (χ4v) is 2.87. The van der Waals surface area contributed by atoms with Crippen molar-refractivity contribution in [1.82, 2.24) is 14.9 Å². The average molecular weight is 386 g/mol. The van der Waals surface area contributed by atoms with E-state index in [1.165, 1.54) is 0 Å². The van der Waals surface area contributed by atoms with Crippen LogP contribution in [-0.4, -0.2) is 21.5 Å². The SMILES string of the molecule is CC(C)NC(=O)c1cn(-c2cccc(Br)c2)c2ncccc2c1=O. The van der Waals surface area contributed by atoms with Gasteiger partial charge in [-0.15, -0.1) is 0 Å². The molecular weight excluding hydrogens is 370 g/mol. The Morgan fingerprint density at radius 1 is 1.25 bits per heavy atom. The first-order valence-electron chi connectivity index (χ1n) is 7.54. The van der Waals surface area contributed by atoms with Crippen LogP contribution in [0.25, 0.3) is 16.7 Å². The summed E-state index contributed by atoms with van der Waals surface area (Å²) in [6.07, 6.45) is 3.18. The maximum atomic E-state index is 12.7. The largest absolute Gasteiger partial charge is 0.350 e. The molecule has 0 aliphatic carbocycles. The van der Waals surface area contributed by atoms with Crippen molar-refractivity contribution in [3.8, 4) is 5.69 Å². The lowest BCUT2D eigenvalue weighted by Crippen LogP contribution is -2.34. The van der Waals surface area contributed by atoms with Gasteiger partial charge in [0.15, 0.2) is 0 Å². The lowest BCUT2D eigenvalue weighted by atomic mass is 10.1. The second-order valence-electron chi connectivity index (χ2n) is 5.72. The molecule has 1 N–H and O–H groups in total. The lowest BCUT2D eigenvalue weighted by Gasteiger charge is -2.14. The minimum Gasteiger partial charge on any atom is -0.350 e. The molecule has 0 fully saturated rings. The first-order valence-corrected chi connectivity index (χ1v) is 8.34. The maximum Gasteiger partial charge on any atom is 0.256 e. The maximum absolute atomic E-state index is 12.7. The van der Waals surface area contributed by atoms with Crippen LogP contribution in [0.4, 0.5) is 0 Å². The number of nitrogens with zero attached hydrogens (tertiary/aromatic N) is 2. The number of benzene rings is 1. The van der Waals surface area contributed by atoms with Gasteiger partial charge in [0.05, 0.1) is 5.39 Å². The van der Waals surface area contributed by atoms with Gasteiger partial charge in [-0.1, -0.05) is 22.0 Å². The molecule has 6 heteroatoms. The number of nitrogens with one attached hydrogen (secondary N) is 1. The summed E-state index contributed by atoms with van der Waals surface area (Å²) in [5, 5.41) is 3.18. The monoisotopic (exact) mass is 385 g/mol. The third-order valence-corrected chi connectivity index (χ3v) is 4.01. The van der Waals surface area contributed by atoms with Crippen LogP contribution in [0.3, 0.4) is 0 Å². The molecule has 5 nitrogen and oxygen atoms in total. The topological polar surface area (TPSA) is 64.0 Å². The Bertz CT molecular complexity index is 979. The summed E-state index contributed by atoms with van der Waals surface area (Å²) in [6, 6.07) is 10.9. The molecule has 1 amide bonds. The number of pyridine rings is 2. The Morgan fingerprint density at radius 2 is 2.04 bits per heavy atom. The molecule has 0 radical (unpaired) electrons. The van der Waals surface area contributed by atoms with Crippen molar-refractivity contribution < 1.29 is 4.79 Å². The molecule has 1 aromatic carbocycles. The van der Waals surface area contributed by atoms with E-state index in [4.69, 9.17) is 0 Å². The molecule has 0 bridgehead atoms. The highest BCUT2D eigenvalue weighted by Crippen LogP contribution is 2.19. The van der Waals surface area contributed by atoms with Gasteiger partial charge in [0.2, 0.25) is 5.43 Å². The summed E-state index contributed by atoms with van der Waals surface area (Å²) in [5.74, 6) is -0.385. The molecule has 0 aliphatic rings. The smallest absolute Gasteiger partial charge is 0.256 e. The number of amides is 1. The van der Waals surface area contributed by atoms with Gasteiger partial charge in [0.1, 0.15) is 11.2 Å². The number of aromatic nitrogens is 2. The molecule has 2 heterocycles. The van der Waals surface area contributed by atoms with Crippen molar-refractivity contribution in [1.29, 1.82) is 0 Å². The van der Waals surface area contributed by atoms with Crippen LogP contribution < -0.4 is 10.7 Å². The summed E-state index contributed by atoms with van der Waals surface area (Å²) in [6.45, 7) is 3.71. The van der Waals surface area contributed by atoms with Gasteiger partial charge in [0.25, 0.3) is 5.91 Å². The molecule has 0 spiro atoms. The van der Waals surface area contributed by atoms with Crippen LogP contribution >= 0.6 is 15.9 Å². The van der Waals surface area contributed by atoms with Crippen molar-refractivity contribution in [3.05, 3.63) is 69.1 Å². The van der Waals surface area contributed by atoms with Crippen molar-refractivity contribution in [2.45, 2.75) is 19.9 Å². The Hall–Kier alpha value is -2.47. The standard InChI is InChI=1S/C18H16BrN3O2/c1-11(2)21-18(24)15-10-22(13-6-3-5-12(19)9-13)17-14(16(15)23)7-4-8-20-17/h3-11H,1-2H3,(H,21,24). The molecule has 0 atom stereocenters. The fourth-order valence-electron chi connectivity index (χ4n) is 2.48. The summed E-state index contributed by atoms with van der Waals surface area (Å²) >= 11 is 3.44. The number of hydrogen-bond donors (Lipinski definition) is 1. The first kappa shape index (κ1) is 16.4. The molecule has 0 aliphatic heterocycles. The summed E-state index contributed by atoms with van der Waals surface area (Å²) < 4.78 is 2.66. The van der Waals surface area contributed by atoms with E-state index in [0.717, 1.165) is 10.2 Å². The van der Waals surface area contributed by atoms with Crippen LogP contribution in [0, 0.1) is 0 Å². The van der Waals surface area contributed by atoms with Crippen molar-refractivity contribution in [3.63, 3.8) is 0 Å². The van der Waals surface area contributed by atoms with E-state index in [1.807, 2.05) is 38.1 Å². The van der Waals surface area contributed by atoms with Crippen molar-refractivity contribution in [2.75, 3.05) is 0 Å². The van der Waals surface area contributed by atoms with Gasteiger partial charge in [-0.2, -0.15) is 0 Å². The predicted molar refractivity (Wildman–Crippen MR) is 97.6 cm³/mol. The highest BCUT2D eigenvalue weighted by Gasteiger charge is 2.17. The lowest BCUT2D eigenvalue weighted by molar-refractivity contribution is 0.0941. The molecule has 0 saturated carbocycles. The van der Waals surface area contributed by atoms with Gasteiger partial charge in [-0.3, -0.25) is 9.59 Å². The summed E-state index contributed by atoms with van der Waals surface area (Å²) in [7, 11) is 0. The Labute approximate surface area is 147 Å². The number of carbonyl (C=O) groups excluding carboxylic acids is 1. The van der Waals surface area contributed by atoms with E-state index in [1.54, 1.807) is 29.1 Å². The summed E-state index contributed by atoms with van der Waals surface area (Å²) in [4.78, 5) is 29.4. The van der Waals surface area contributed by atoms with Crippen LogP contribution in [0.15, 0.2) is 58.1 Å². The van der Waals surface area contributed by atoms with Crippen LogP contribution in [0.5, 0.6) is 0 Å². The molecule has 3 rings (SSSR count). The minimum absolute atomic E-state index is 0.0548. The second kappa shape index (κ2) is 6.57. The third kappa shape index (κ3) is 3.10. The number of halogens is 1. The zero-order valence-corrected chi connectivity index (χ0v) is 14.9. The molecule has 0 saturated heterocycles. The summed E-state index contributed by atoms with van der Waals surface area (Å²) in [5.41, 5.74) is 1.11. The zero-order chi connectivity index (χ0) is 17.3. The fraction of sp³-hybridized carbons (Fsp3) is 0.167. The van der Waals surface area contributed by atoms with Gasteiger partial charge in [-0.25, -0.2) is 4.98 Å². The van der Waals surface area contributed by atoms with E-state index in [9.17, 15) is 9.59 Å². The number of hydrogen-bond acceptors (Lipinski definition) is 3. The van der Waals surface area contributed by atoms with Gasteiger partial charge >= 0.3 is 0 Å². The minimum atomic E-state index is -0.385. The number of rotatable bonds is 3. The molecule has 24 heavy (non-hydrogen) atoms. The molecular formula is C18H16BrN3O2. The highest BCUT2D eigenvalue weighted by atomic mass is 79.9. The molecule has 122 valence electrons. The van der Waals surface area contributed by atoms with Crippen molar-refractivity contribution in [2.24, 2.45) is 0 Å². The molecule has 2 aromatic heterocycles. The zero-order valence-electron chi connectivity index (χ0n) is 13.3. The average Bonchev–Trinajstić information content (AvgIpc) is 2.54. The van der Waals surface area contributed by atoms with E-state index >= 15 is 0 Å². The van der Waals surface area contributed by atoms with Crippen LogP contribution in [0.1, 0.15) is 24.2 Å². The molecule has 3 aromatic rings. The van der Waals surface area contributed by atoms with Crippen molar-refractivity contribution >= 4 is 32.9 Å². The Kier molecular flexibility index (Phi) is 4.49. The Morgan fingerprint density at radius 3 is 2.75 bits per heavy atom. The van der Waals surface area contributed by atoms with Crippen LogP contribution in [-0.2, 0) is 0 Å². The quantitative estimate of drug-likeness (QED) is 0.752. The normalized spacial score (nSPS) is 11.0. The van der Waals surface area contributed by atoms with E-state index in [2.05, 4.69) is 26.2 Å². The van der Waals surface area contributed by atoms with E-state index in [0.29, 0.717) is 11.0 Å². The number of fused-ring (bicyclic) bond motifs is 1. The third-order valence-electron chi connectivity index (χ3n) is 3.51. The van der Waals surface area contributed by atoms with Gasteiger partial charge in [-0.05, 0) is 44.2 Å².